The number of alkyl halides is 1. The standard InChI is InChI=1S/C11H17FN5O12P3/c1-13-9-7-10(15-3-14-9)17(4-16-7)11-6(12)8(18)5(27-11)2-26-31(22,23)29-32(24,25)28-30(19,20)21/h3-6,8,11,18H,2H2,1H3,(H,22,23)(H,24,25)(H,13,14,15)(H2,19,20,21)/t5-,6?,8?,11-/m1/s1. The molecule has 0 radical (unpaired) electrons. The molecule has 0 saturated carbocycles. The summed E-state index contributed by atoms with van der Waals surface area (Å²) in [4.78, 5) is 47.6. The fraction of sp³-hybridized carbons (Fsp3) is 0.545. The van der Waals surface area contributed by atoms with Crippen LogP contribution in [0.4, 0.5) is 10.2 Å². The van der Waals surface area contributed by atoms with Gasteiger partial charge in [0.1, 0.15) is 24.1 Å². The Morgan fingerprint density at radius 3 is 2.47 bits per heavy atom. The Bertz CT molecular complexity index is 1130. The summed E-state index contributed by atoms with van der Waals surface area (Å²) in [6, 6.07) is 0. The minimum Gasteiger partial charge on any atom is -0.387 e. The minimum absolute atomic E-state index is 0.151. The molecule has 180 valence electrons. The van der Waals surface area contributed by atoms with E-state index < -0.39 is 54.7 Å². The first-order valence-electron chi connectivity index (χ1n) is 8.34. The van der Waals surface area contributed by atoms with Gasteiger partial charge in [0.15, 0.2) is 23.9 Å². The van der Waals surface area contributed by atoms with Gasteiger partial charge in [-0.1, -0.05) is 0 Å². The molecule has 1 aliphatic heterocycles. The van der Waals surface area contributed by atoms with E-state index in [9.17, 15) is 28.1 Å². The maximum absolute atomic E-state index is 14.7. The summed E-state index contributed by atoms with van der Waals surface area (Å²) in [7, 11) is -15.2. The Labute approximate surface area is 177 Å². The number of fused-ring (bicyclic) bond motifs is 1. The Balaban J connectivity index is 1.70. The fourth-order valence-electron chi connectivity index (χ4n) is 2.76. The number of aliphatic hydroxyl groups excluding tert-OH is 1. The highest BCUT2D eigenvalue weighted by Gasteiger charge is 2.48. The van der Waals surface area contributed by atoms with E-state index in [1.165, 1.54) is 12.7 Å². The van der Waals surface area contributed by atoms with Gasteiger partial charge in [-0.2, -0.15) is 8.62 Å². The van der Waals surface area contributed by atoms with Gasteiger partial charge in [-0.15, -0.1) is 0 Å². The van der Waals surface area contributed by atoms with E-state index in [2.05, 4.69) is 33.4 Å². The summed E-state index contributed by atoms with van der Waals surface area (Å²) in [6.45, 7) is -1.02. The zero-order chi connectivity index (χ0) is 23.9. The monoisotopic (exact) mass is 523 g/mol. The van der Waals surface area contributed by atoms with Crippen molar-refractivity contribution in [3.8, 4) is 0 Å². The number of rotatable bonds is 9. The summed E-state index contributed by atoms with van der Waals surface area (Å²) in [5.41, 5.74) is 0.426. The van der Waals surface area contributed by atoms with E-state index in [4.69, 9.17) is 19.4 Å². The van der Waals surface area contributed by atoms with Gasteiger partial charge < -0.3 is 34.7 Å². The molecule has 32 heavy (non-hydrogen) atoms. The SMILES string of the molecule is CNc1ncnc2c1ncn2[C@@H]1O[C@H](COP(=O)(O)OP(=O)(O)OP(=O)(O)O)C(O)C1F. The molecule has 0 bridgehead atoms. The predicted molar refractivity (Wildman–Crippen MR) is 99.5 cm³/mol. The molecular weight excluding hydrogens is 506 g/mol. The first-order chi connectivity index (χ1) is 14.7. The second-order valence-corrected chi connectivity index (χ2v) is 10.6. The zero-order valence-electron chi connectivity index (χ0n) is 15.8. The molecule has 17 nitrogen and oxygen atoms in total. The van der Waals surface area contributed by atoms with Crippen molar-refractivity contribution in [2.75, 3.05) is 19.0 Å². The van der Waals surface area contributed by atoms with Crippen LogP contribution in [0.15, 0.2) is 12.7 Å². The lowest BCUT2D eigenvalue weighted by Gasteiger charge is -2.19. The molecule has 2 aromatic heterocycles. The van der Waals surface area contributed by atoms with Gasteiger partial charge in [-0.3, -0.25) is 9.09 Å². The first kappa shape index (κ1) is 25.2. The summed E-state index contributed by atoms with van der Waals surface area (Å²) < 4.78 is 66.4. The maximum atomic E-state index is 14.7. The number of halogens is 1. The van der Waals surface area contributed by atoms with E-state index in [-0.39, 0.29) is 11.2 Å². The van der Waals surface area contributed by atoms with E-state index in [0.717, 1.165) is 4.57 Å². The van der Waals surface area contributed by atoms with Crippen LogP contribution in [0.5, 0.6) is 0 Å². The largest absolute Gasteiger partial charge is 0.490 e. The van der Waals surface area contributed by atoms with Gasteiger partial charge >= 0.3 is 23.5 Å². The summed E-state index contributed by atoms with van der Waals surface area (Å²) in [5, 5.41) is 12.8. The van der Waals surface area contributed by atoms with Crippen LogP contribution in [0.1, 0.15) is 6.23 Å². The van der Waals surface area contributed by atoms with Crippen LogP contribution in [0, 0.1) is 0 Å². The van der Waals surface area contributed by atoms with Crippen molar-refractivity contribution in [3.63, 3.8) is 0 Å². The average molecular weight is 523 g/mol. The molecule has 21 heteroatoms. The molecule has 1 aliphatic rings. The molecule has 2 aromatic rings. The predicted octanol–water partition coefficient (Wildman–Crippen LogP) is -0.192. The van der Waals surface area contributed by atoms with E-state index in [1.807, 2.05) is 0 Å². The van der Waals surface area contributed by atoms with Crippen molar-refractivity contribution in [2.45, 2.75) is 24.6 Å². The second kappa shape index (κ2) is 9.10. The van der Waals surface area contributed by atoms with Crippen molar-refractivity contribution in [1.29, 1.82) is 0 Å². The smallest absolute Gasteiger partial charge is 0.387 e. The Hall–Kier alpha value is -1.39. The molecule has 1 fully saturated rings. The summed E-state index contributed by atoms with van der Waals surface area (Å²) >= 11 is 0. The molecule has 3 heterocycles. The lowest BCUT2D eigenvalue weighted by atomic mass is 10.1. The number of aromatic nitrogens is 4. The van der Waals surface area contributed by atoms with Crippen molar-refractivity contribution in [1.82, 2.24) is 19.5 Å². The Morgan fingerprint density at radius 2 is 1.84 bits per heavy atom. The number of imidazole rings is 1. The lowest BCUT2D eigenvalue weighted by molar-refractivity contribution is -0.0450. The number of phosphoric acid groups is 3. The van der Waals surface area contributed by atoms with Gasteiger partial charge in [0, 0.05) is 7.05 Å². The number of phosphoric ester groups is 1. The quantitative estimate of drug-likeness (QED) is 0.233. The van der Waals surface area contributed by atoms with Gasteiger partial charge in [0.25, 0.3) is 0 Å². The summed E-state index contributed by atoms with van der Waals surface area (Å²) in [6.07, 6.45) is -4.65. The van der Waals surface area contributed by atoms with E-state index >= 15 is 0 Å². The van der Waals surface area contributed by atoms with Crippen LogP contribution in [-0.2, 0) is 31.6 Å². The Morgan fingerprint density at radius 1 is 1.16 bits per heavy atom. The lowest BCUT2D eigenvalue weighted by Crippen LogP contribution is -2.31. The number of ether oxygens (including phenoxy) is 1. The minimum atomic E-state index is -5.72. The van der Waals surface area contributed by atoms with Crippen LogP contribution in [0.2, 0.25) is 0 Å². The highest BCUT2D eigenvalue weighted by molar-refractivity contribution is 7.66. The molecule has 0 aliphatic carbocycles. The van der Waals surface area contributed by atoms with Gasteiger partial charge in [0.2, 0.25) is 0 Å². The molecular formula is C11H17FN5O12P3. The number of hydrogen-bond donors (Lipinski definition) is 6. The highest BCUT2D eigenvalue weighted by atomic mass is 31.3. The molecule has 6 atom stereocenters. The third-order valence-corrected chi connectivity index (χ3v) is 7.78. The van der Waals surface area contributed by atoms with Crippen LogP contribution < -0.4 is 5.32 Å². The molecule has 3 rings (SSSR count). The normalized spacial score (nSPS) is 27.8. The molecule has 0 aromatic carbocycles. The average Bonchev–Trinajstić information content (AvgIpc) is 3.19. The second-order valence-electron chi connectivity index (χ2n) is 6.18. The van der Waals surface area contributed by atoms with Crippen molar-refractivity contribution in [3.05, 3.63) is 12.7 Å². The third kappa shape index (κ3) is 5.75. The molecule has 4 unspecified atom stereocenters. The Kier molecular flexibility index (Phi) is 7.18. The van der Waals surface area contributed by atoms with Crippen LogP contribution in [0.3, 0.4) is 0 Å². The van der Waals surface area contributed by atoms with Crippen molar-refractivity contribution in [2.24, 2.45) is 0 Å². The number of nitrogens with zero attached hydrogens (tertiary/aromatic N) is 4. The number of hydrogen-bond acceptors (Lipinski definition) is 12. The molecule has 0 spiro atoms. The van der Waals surface area contributed by atoms with Gasteiger partial charge in [-0.25, -0.2) is 33.0 Å². The number of anilines is 1. The van der Waals surface area contributed by atoms with Crippen molar-refractivity contribution >= 4 is 40.4 Å². The summed E-state index contributed by atoms with van der Waals surface area (Å²) in [5.74, 6) is 0.340. The third-order valence-electron chi connectivity index (χ3n) is 3.98. The van der Waals surface area contributed by atoms with Gasteiger partial charge in [-0.05, 0) is 0 Å². The highest BCUT2D eigenvalue weighted by Crippen LogP contribution is 2.66. The van der Waals surface area contributed by atoms with Crippen molar-refractivity contribution < 1.29 is 60.6 Å². The van der Waals surface area contributed by atoms with Crippen LogP contribution in [-0.4, -0.2) is 76.2 Å². The number of aliphatic hydroxyl groups is 1. The number of nitrogens with one attached hydrogen (secondary N) is 1. The van der Waals surface area contributed by atoms with Crippen LogP contribution in [0.25, 0.3) is 11.2 Å². The molecule has 1 saturated heterocycles. The molecule has 0 amide bonds. The van der Waals surface area contributed by atoms with Crippen LogP contribution >= 0.6 is 23.5 Å². The maximum Gasteiger partial charge on any atom is 0.490 e. The topological polar surface area (TPSA) is 245 Å². The van der Waals surface area contributed by atoms with E-state index in [1.54, 1.807) is 7.05 Å². The van der Waals surface area contributed by atoms with E-state index in [0.29, 0.717) is 5.82 Å². The molecule has 6 N–H and O–H groups in total. The zero-order valence-corrected chi connectivity index (χ0v) is 18.5. The fourth-order valence-corrected chi connectivity index (χ4v) is 5.79. The first-order valence-corrected chi connectivity index (χ1v) is 12.9. The van der Waals surface area contributed by atoms with Gasteiger partial charge in [0.05, 0.1) is 12.9 Å².